The van der Waals surface area contributed by atoms with Gasteiger partial charge in [0.15, 0.2) is 0 Å². The molecule has 0 radical (unpaired) electrons. The zero-order valence-electron chi connectivity index (χ0n) is 12.8. The Morgan fingerprint density at radius 1 is 1.33 bits per heavy atom. The van der Waals surface area contributed by atoms with Crippen LogP contribution >= 0.6 is 0 Å². The average Bonchev–Trinajstić information content (AvgIpc) is 2.43. The molecule has 0 bridgehead atoms. The standard InChI is InChI=1S/C16H23NO4/c1-4-9-21-14-7-5-12(6-8-15(18)19)10-13(14)17-16(20)11(2)3/h5,7,10-11H,4,6,8-9H2,1-3H3,(H,17,20)(H,18,19). The Kier molecular flexibility index (Phi) is 6.72. The van der Waals surface area contributed by atoms with Gasteiger partial charge in [0.1, 0.15) is 5.75 Å². The molecule has 116 valence electrons. The maximum atomic E-state index is 11.9. The average molecular weight is 293 g/mol. The van der Waals surface area contributed by atoms with Crippen molar-refractivity contribution >= 4 is 17.6 Å². The topological polar surface area (TPSA) is 75.6 Å². The van der Waals surface area contributed by atoms with E-state index < -0.39 is 5.97 Å². The van der Waals surface area contributed by atoms with E-state index in [-0.39, 0.29) is 18.2 Å². The fourth-order valence-corrected chi connectivity index (χ4v) is 1.70. The number of benzene rings is 1. The zero-order chi connectivity index (χ0) is 15.8. The number of aryl methyl sites for hydroxylation is 1. The molecule has 0 atom stereocenters. The van der Waals surface area contributed by atoms with Gasteiger partial charge in [-0.1, -0.05) is 26.8 Å². The highest BCUT2D eigenvalue weighted by atomic mass is 16.5. The Morgan fingerprint density at radius 2 is 2.05 bits per heavy atom. The predicted octanol–water partition coefficient (Wildman–Crippen LogP) is 3.09. The van der Waals surface area contributed by atoms with Crippen LogP contribution in [0.2, 0.25) is 0 Å². The fourth-order valence-electron chi connectivity index (χ4n) is 1.70. The fraction of sp³-hybridized carbons (Fsp3) is 0.500. The van der Waals surface area contributed by atoms with Crippen LogP contribution in [0.15, 0.2) is 18.2 Å². The van der Waals surface area contributed by atoms with Crippen LogP contribution in [-0.2, 0) is 16.0 Å². The number of carboxylic acid groups (broad SMARTS) is 1. The molecule has 5 nitrogen and oxygen atoms in total. The summed E-state index contributed by atoms with van der Waals surface area (Å²) in [6.07, 6.45) is 1.36. The number of nitrogens with one attached hydrogen (secondary N) is 1. The van der Waals surface area contributed by atoms with E-state index in [9.17, 15) is 9.59 Å². The molecule has 0 saturated carbocycles. The van der Waals surface area contributed by atoms with Crippen LogP contribution in [-0.4, -0.2) is 23.6 Å². The monoisotopic (exact) mass is 293 g/mol. The van der Waals surface area contributed by atoms with Gasteiger partial charge in [-0.3, -0.25) is 9.59 Å². The molecule has 0 fully saturated rings. The number of amides is 1. The minimum Gasteiger partial charge on any atom is -0.491 e. The quantitative estimate of drug-likeness (QED) is 0.772. The summed E-state index contributed by atoms with van der Waals surface area (Å²) in [6, 6.07) is 5.40. The summed E-state index contributed by atoms with van der Waals surface area (Å²) in [5, 5.41) is 11.6. The number of aliphatic carboxylic acids is 1. The summed E-state index contributed by atoms with van der Waals surface area (Å²) < 4.78 is 5.62. The van der Waals surface area contributed by atoms with E-state index in [1.54, 1.807) is 12.1 Å². The number of carboxylic acids is 1. The molecule has 0 spiro atoms. The van der Waals surface area contributed by atoms with Gasteiger partial charge in [0.2, 0.25) is 5.91 Å². The van der Waals surface area contributed by atoms with Crippen LogP contribution in [0.25, 0.3) is 0 Å². The van der Waals surface area contributed by atoms with E-state index in [0.29, 0.717) is 24.5 Å². The molecule has 0 saturated heterocycles. The smallest absolute Gasteiger partial charge is 0.303 e. The molecule has 1 rings (SSSR count). The van der Waals surface area contributed by atoms with Crippen molar-refractivity contribution in [2.45, 2.75) is 40.0 Å². The van der Waals surface area contributed by atoms with Crippen molar-refractivity contribution < 1.29 is 19.4 Å². The normalized spacial score (nSPS) is 10.5. The van der Waals surface area contributed by atoms with Gasteiger partial charge in [0.05, 0.1) is 12.3 Å². The molecule has 0 aliphatic heterocycles. The summed E-state index contributed by atoms with van der Waals surface area (Å²) >= 11 is 0. The number of hydrogen-bond donors (Lipinski definition) is 2. The van der Waals surface area contributed by atoms with Crippen LogP contribution < -0.4 is 10.1 Å². The van der Waals surface area contributed by atoms with Crippen LogP contribution in [0.5, 0.6) is 5.75 Å². The molecule has 5 heteroatoms. The predicted molar refractivity (Wildman–Crippen MR) is 81.7 cm³/mol. The third-order valence-electron chi connectivity index (χ3n) is 2.92. The van der Waals surface area contributed by atoms with Crippen molar-refractivity contribution in [3.05, 3.63) is 23.8 Å². The zero-order valence-corrected chi connectivity index (χ0v) is 12.8. The molecule has 0 aliphatic rings. The maximum Gasteiger partial charge on any atom is 0.303 e. The lowest BCUT2D eigenvalue weighted by Crippen LogP contribution is -2.18. The molecule has 0 aromatic heterocycles. The van der Waals surface area contributed by atoms with Crippen molar-refractivity contribution in [1.82, 2.24) is 0 Å². The van der Waals surface area contributed by atoms with E-state index in [2.05, 4.69) is 5.32 Å². The lowest BCUT2D eigenvalue weighted by molar-refractivity contribution is -0.137. The molecule has 1 amide bonds. The van der Waals surface area contributed by atoms with Gasteiger partial charge in [0.25, 0.3) is 0 Å². The van der Waals surface area contributed by atoms with Gasteiger partial charge in [-0.25, -0.2) is 0 Å². The number of carbonyl (C=O) groups is 2. The molecule has 2 N–H and O–H groups in total. The largest absolute Gasteiger partial charge is 0.491 e. The molecule has 21 heavy (non-hydrogen) atoms. The van der Waals surface area contributed by atoms with Crippen LogP contribution in [0.4, 0.5) is 5.69 Å². The summed E-state index contributed by atoms with van der Waals surface area (Å²) in [6.45, 7) is 6.21. The first kappa shape index (κ1) is 17.0. The Labute approximate surface area is 125 Å². The van der Waals surface area contributed by atoms with Crippen molar-refractivity contribution in [3.8, 4) is 5.75 Å². The molecule has 0 aliphatic carbocycles. The van der Waals surface area contributed by atoms with Crippen LogP contribution in [0.1, 0.15) is 39.2 Å². The third kappa shape index (κ3) is 5.85. The van der Waals surface area contributed by atoms with E-state index in [0.717, 1.165) is 12.0 Å². The van der Waals surface area contributed by atoms with Crippen molar-refractivity contribution in [2.24, 2.45) is 5.92 Å². The number of anilines is 1. The third-order valence-corrected chi connectivity index (χ3v) is 2.92. The number of hydrogen-bond acceptors (Lipinski definition) is 3. The van der Waals surface area contributed by atoms with E-state index in [1.165, 1.54) is 0 Å². The Morgan fingerprint density at radius 3 is 2.62 bits per heavy atom. The second-order valence-electron chi connectivity index (χ2n) is 5.22. The highest BCUT2D eigenvalue weighted by Gasteiger charge is 2.12. The van der Waals surface area contributed by atoms with Gasteiger partial charge >= 0.3 is 5.97 Å². The maximum absolute atomic E-state index is 11.9. The van der Waals surface area contributed by atoms with E-state index in [4.69, 9.17) is 9.84 Å². The Balaban J connectivity index is 2.92. The molecule has 1 aromatic carbocycles. The SMILES string of the molecule is CCCOc1ccc(CCC(=O)O)cc1NC(=O)C(C)C. The highest BCUT2D eigenvalue weighted by Crippen LogP contribution is 2.27. The number of carbonyl (C=O) groups excluding carboxylic acids is 1. The Bertz CT molecular complexity index is 497. The van der Waals surface area contributed by atoms with E-state index >= 15 is 0 Å². The molecule has 1 aromatic rings. The Hall–Kier alpha value is -2.04. The minimum absolute atomic E-state index is 0.0622. The second kappa shape index (κ2) is 8.29. The minimum atomic E-state index is -0.839. The van der Waals surface area contributed by atoms with Crippen molar-refractivity contribution in [1.29, 1.82) is 0 Å². The first-order valence-corrected chi connectivity index (χ1v) is 7.22. The van der Waals surface area contributed by atoms with Crippen molar-refractivity contribution in [3.63, 3.8) is 0 Å². The van der Waals surface area contributed by atoms with Crippen LogP contribution in [0, 0.1) is 5.92 Å². The van der Waals surface area contributed by atoms with Gasteiger partial charge in [-0.15, -0.1) is 0 Å². The second-order valence-corrected chi connectivity index (χ2v) is 5.22. The summed E-state index contributed by atoms with van der Waals surface area (Å²) in [5.41, 5.74) is 1.46. The van der Waals surface area contributed by atoms with Gasteiger partial charge in [0, 0.05) is 12.3 Å². The number of rotatable bonds is 8. The van der Waals surface area contributed by atoms with E-state index in [1.807, 2.05) is 26.8 Å². The summed E-state index contributed by atoms with van der Waals surface area (Å²) in [5.74, 6) is -0.447. The lowest BCUT2D eigenvalue weighted by Gasteiger charge is -2.15. The number of ether oxygens (including phenoxy) is 1. The molecular formula is C16H23NO4. The van der Waals surface area contributed by atoms with Gasteiger partial charge in [-0.05, 0) is 30.5 Å². The molecular weight excluding hydrogens is 270 g/mol. The highest BCUT2D eigenvalue weighted by molar-refractivity contribution is 5.93. The molecule has 0 heterocycles. The summed E-state index contributed by atoms with van der Waals surface area (Å²) in [7, 11) is 0. The lowest BCUT2D eigenvalue weighted by atomic mass is 10.1. The first-order chi connectivity index (χ1) is 9.93. The van der Waals surface area contributed by atoms with Gasteiger partial charge in [-0.2, -0.15) is 0 Å². The van der Waals surface area contributed by atoms with Crippen LogP contribution in [0.3, 0.4) is 0 Å². The molecule has 0 unspecified atom stereocenters. The summed E-state index contributed by atoms with van der Waals surface area (Å²) in [4.78, 5) is 22.5. The van der Waals surface area contributed by atoms with Gasteiger partial charge < -0.3 is 15.2 Å². The van der Waals surface area contributed by atoms with Crippen molar-refractivity contribution in [2.75, 3.05) is 11.9 Å². The first-order valence-electron chi connectivity index (χ1n) is 7.22.